The number of nitrogens with one attached hydrogen (secondary N) is 1. The average molecular weight is 625 g/mol. The topological polar surface area (TPSA) is 105 Å². The average Bonchev–Trinajstić information content (AvgIpc) is 2.92. The smallest absolute Gasteiger partial charge is 0.475 e. The van der Waals surface area contributed by atoms with Crippen LogP contribution in [0.15, 0.2) is 53.3 Å². The number of carboxylic acids is 1. The maximum Gasteiger partial charge on any atom is 0.490 e. The number of aliphatic carboxylic acids is 1. The monoisotopic (exact) mass is 624 g/mol. The Hall–Kier alpha value is -3.78. The number of hydrogen-bond acceptors (Lipinski definition) is 6. The number of halogens is 5. The van der Waals surface area contributed by atoms with E-state index in [9.17, 15) is 31.5 Å². The Labute approximate surface area is 249 Å². The van der Waals surface area contributed by atoms with Gasteiger partial charge in [0.15, 0.2) is 0 Å². The van der Waals surface area contributed by atoms with E-state index in [1.807, 2.05) is 30.3 Å². The molecule has 1 aliphatic heterocycles. The number of amides is 1. The van der Waals surface area contributed by atoms with Gasteiger partial charge in [-0.05, 0) is 37.1 Å². The first kappa shape index (κ1) is 32.1. The summed E-state index contributed by atoms with van der Waals surface area (Å²) in [7, 11) is 0. The molecule has 3 aromatic rings. The number of carboxylic acid groups (broad SMARTS) is 1. The van der Waals surface area contributed by atoms with E-state index in [0.717, 1.165) is 30.8 Å². The highest BCUT2D eigenvalue weighted by molar-refractivity contribution is 7.80. The lowest BCUT2D eigenvalue weighted by atomic mass is 9.84. The molecule has 230 valence electrons. The molecular formula is C29H29F5N4O4S. The number of hydrogen-bond donors (Lipinski definition) is 3. The fraction of sp³-hybridized carbons (Fsp3) is 0.379. The molecule has 1 fully saturated rings. The zero-order chi connectivity index (χ0) is 31.3. The van der Waals surface area contributed by atoms with Gasteiger partial charge < -0.3 is 15.3 Å². The maximum atomic E-state index is 13.8. The molecule has 14 heteroatoms. The predicted octanol–water partition coefficient (Wildman–Crippen LogP) is 4.90. The van der Waals surface area contributed by atoms with Crippen molar-refractivity contribution in [1.82, 2.24) is 19.8 Å². The molecule has 0 spiro atoms. The second kappa shape index (κ2) is 13.7. The van der Waals surface area contributed by atoms with Crippen LogP contribution in [0.1, 0.15) is 59.6 Å². The van der Waals surface area contributed by atoms with E-state index in [1.54, 1.807) is 9.47 Å². The number of carbonyl (C=O) groups is 2. The molecule has 0 radical (unpaired) electrons. The van der Waals surface area contributed by atoms with Gasteiger partial charge in [-0.1, -0.05) is 30.7 Å². The van der Waals surface area contributed by atoms with E-state index < -0.39 is 29.2 Å². The summed E-state index contributed by atoms with van der Waals surface area (Å²) >= 11 is 4.69. The zero-order valence-corrected chi connectivity index (χ0v) is 23.7. The number of aromatic nitrogens is 2. The van der Waals surface area contributed by atoms with Crippen molar-refractivity contribution in [2.24, 2.45) is 0 Å². The van der Waals surface area contributed by atoms with Crippen molar-refractivity contribution in [3.8, 4) is 5.69 Å². The number of nitrogens with zero attached hydrogens (tertiary/aromatic N) is 3. The van der Waals surface area contributed by atoms with Gasteiger partial charge in [0.2, 0.25) is 5.91 Å². The van der Waals surface area contributed by atoms with Crippen LogP contribution in [0.25, 0.3) is 5.69 Å². The summed E-state index contributed by atoms with van der Waals surface area (Å²) in [4.78, 5) is 42.2. The molecule has 2 heterocycles. The highest BCUT2D eigenvalue weighted by Crippen LogP contribution is 2.38. The Bertz CT molecular complexity index is 1510. The Morgan fingerprint density at radius 3 is 2.23 bits per heavy atom. The van der Waals surface area contributed by atoms with Crippen LogP contribution in [0.3, 0.4) is 0 Å². The highest BCUT2D eigenvalue weighted by Gasteiger charge is 2.38. The molecule has 8 nitrogen and oxygen atoms in total. The lowest BCUT2D eigenvalue weighted by molar-refractivity contribution is -0.192. The van der Waals surface area contributed by atoms with Crippen LogP contribution >= 0.6 is 12.6 Å². The van der Waals surface area contributed by atoms with Crippen molar-refractivity contribution in [2.75, 3.05) is 13.1 Å². The Balaban J connectivity index is 0.000000541. The van der Waals surface area contributed by atoms with Crippen LogP contribution in [0, 0.1) is 11.6 Å². The maximum absolute atomic E-state index is 13.8. The van der Waals surface area contributed by atoms with Crippen molar-refractivity contribution < 1.29 is 36.6 Å². The first-order chi connectivity index (χ1) is 20.4. The van der Waals surface area contributed by atoms with Gasteiger partial charge in [-0.25, -0.2) is 18.6 Å². The first-order valence-electron chi connectivity index (χ1n) is 13.5. The molecule has 1 unspecified atom stereocenters. The first-order valence-corrected chi connectivity index (χ1v) is 14.0. The molecular weight excluding hydrogens is 595 g/mol. The van der Waals surface area contributed by atoms with Gasteiger partial charge in [0.1, 0.15) is 22.8 Å². The van der Waals surface area contributed by atoms with Gasteiger partial charge in [-0.2, -0.15) is 13.2 Å². The molecule has 2 aliphatic rings. The molecule has 1 amide bonds. The van der Waals surface area contributed by atoms with Gasteiger partial charge in [0, 0.05) is 44.0 Å². The molecule has 0 bridgehead atoms. The fourth-order valence-electron chi connectivity index (χ4n) is 4.83. The van der Waals surface area contributed by atoms with E-state index in [1.165, 1.54) is 18.2 Å². The lowest BCUT2D eigenvalue weighted by Gasteiger charge is -2.35. The minimum atomic E-state index is -5.08. The minimum Gasteiger partial charge on any atom is -0.475 e. The third-order valence-corrected chi connectivity index (χ3v) is 7.83. The number of alkyl halides is 3. The van der Waals surface area contributed by atoms with Crippen molar-refractivity contribution in [3.05, 3.63) is 93.2 Å². The third kappa shape index (κ3) is 7.42. The second-order valence-corrected chi connectivity index (χ2v) is 10.6. The van der Waals surface area contributed by atoms with E-state index in [-0.39, 0.29) is 42.5 Å². The molecule has 1 saturated carbocycles. The molecule has 1 aromatic heterocycles. The summed E-state index contributed by atoms with van der Waals surface area (Å²) in [6.07, 6.45) is -1.34. The number of fused-ring (bicyclic) bond motifs is 1. The Morgan fingerprint density at radius 2 is 1.67 bits per heavy atom. The molecule has 2 aromatic carbocycles. The van der Waals surface area contributed by atoms with E-state index in [0.29, 0.717) is 24.2 Å². The quantitative estimate of drug-likeness (QED) is 0.196. The summed E-state index contributed by atoms with van der Waals surface area (Å²) in [5, 5.41) is 9.34. The minimum absolute atomic E-state index is 0.0193. The van der Waals surface area contributed by atoms with Crippen LogP contribution in [-0.4, -0.2) is 50.7 Å². The van der Waals surface area contributed by atoms with Crippen LogP contribution in [0.5, 0.6) is 0 Å². The van der Waals surface area contributed by atoms with E-state index in [4.69, 9.17) is 14.9 Å². The van der Waals surface area contributed by atoms with Crippen LogP contribution in [0.4, 0.5) is 22.0 Å². The summed E-state index contributed by atoms with van der Waals surface area (Å²) in [5.74, 6) is -3.14. The fourth-order valence-corrected chi connectivity index (χ4v) is 5.34. The Kier molecular flexibility index (Phi) is 10.2. The summed E-state index contributed by atoms with van der Waals surface area (Å²) in [6, 6.07) is 13.2. The predicted molar refractivity (Wildman–Crippen MR) is 150 cm³/mol. The van der Waals surface area contributed by atoms with E-state index >= 15 is 0 Å². The number of benzene rings is 2. The number of carbonyl (C=O) groups excluding carboxylic acids is 1. The third-order valence-electron chi connectivity index (χ3n) is 7.29. The number of rotatable bonds is 7. The highest BCUT2D eigenvalue weighted by atomic mass is 32.1. The van der Waals surface area contributed by atoms with Gasteiger partial charge in [0.05, 0.1) is 16.9 Å². The lowest BCUT2D eigenvalue weighted by Crippen LogP contribution is -2.44. The van der Waals surface area contributed by atoms with E-state index in [2.05, 4.69) is 17.9 Å². The summed E-state index contributed by atoms with van der Waals surface area (Å²) in [6.45, 7) is 0.631. The Morgan fingerprint density at radius 1 is 1.05 bits per heavy atom. The molecule has 0 saturated heterocycles. The normalized spacial score (nSPS) is 16.5. The molecule has 43 heavy (non-hydrogen) atoms. The standard InChI is InChI=1S/C27H28F2N4O2S.C2HF3O2/c28-20-10-5-11-21(29)19(20)16-30-14-12-23(34)32-15-13-22-24(27(32)36)26(35)33(18-8-2-1-3-9-18)25(31-22)17-6-4-7-17;3-2(4,5)1(6)7/h1-3,5,8-11,17,27,30,36H,4,6-7,12-16H2;(H,6,7). The number of thiol groups is 1. The second-order valence-electron chi connectivity index (χ2n) is 10.1. The van der Waals surface area contributed by atoms with Crippen molar-refractivity contribution in [3.63, 3.8) is 0 Å². The van der Waals surface area contributed by atoms with Crippen LogP contribution < -0.4 is 10.9 Å². The van der Waals surface area contributed by atoms with Crippen molar-refractivity contribution in [2.45, 2.75) is 56.1 Å². The number of para-hydroxylation sites is 1. The zero-order valence-electron chi connectivity index (χ0n) is 22.8. The van der Waals surface area contributed by atoms with Crippen molar-refractivity contribution in [1.29, 1.82) is 0 Å². The SMILES string of the molecule is O=C(CCNCc1c(F)cccc1F)N1CCc2nc(C3CCC3)n(-c3ccccc3)c(=O)c2C1S.O=C(O)C(F)(F)F. The van der Waals surface area contributed by atoms with Crippen molar-refractivity contribution >= 4 is 24.5 Å². The summed E-state index contributed by atoms with van der Waals surface area (Å²) in [5.41, 5.74) is 1.67. The van der Waals surface area contributed by atoms with Gasteiger partial charge in [-0.15, -0.1) is 12.6 Å². The molecule has 5 rings (SSSR count). The van der Waals surface area contributed by atoms with Gasteiger partial charge in [0.25, 0.3) is 5.56 Å². The van der Waals surface area contributed by atoms with Crippen LogP contribution in [-0.2, 0) is 22.6 Å². The van der Waals surface area contributed by atoms with Gasteiger partial charge >= 0.3 is 12.1 Å². The van der Waals surface area contributed by atoms with Gasteiger partial charge in [-0.3, -0.25) is 14.2 Å². The molecule has 1 atom stereocenters. The molecule has 2 N–H and O–H groups in total. The summed E-state index contributed by atoms with van der Waals surface area (Å²) < 4.78 is 61.0. The molecule has 1 aliphatic carbocycles. The largest absolute Gasteiger partial charge is 0.490 e. The van der Waals surface area contributed by atoms with Crippen LogP contribution in [0.2, 0.25) is 0 Å².